The maximum atomic E-state index is 14.5. The molecular formula is C28H31F2NO2. The van der Waals surface area contributed by atoms with Gasteiger partial charge in [0.2, 0.25) is 5.82 Å². The molecule has 0 spiro atoms. The first-order valence-corrected chi connectivity index (χ1v) is 11.9. The Labute approximate surface area is 194 Å². The van der Waals surface area contributed by atoms with Gasteiger partial charge in [0.25, 0.3) is 0 Å². The molecule has 5 heteroatoms. The average molecular weight is 452 g/mol. The molecule has 174 valence electrons. The predicted molar refractivity (Wildman–Crippen MR) is 127 cm³/mol. The summed E-state index contributed by atoms with van der Waals surface area (Å²) in [6.07, 6.45) is 8.06. The van der Waals surface area contributed by atoms with Crippen LogP contribution in [0.3, 0.4) is 0 Å². The molecule has 2 aromatic carbocycles. The third kappa shape index (κ3) is 5.41. The first kappa shape index (κ1) is 23.4. The second-order valence-corrected chi connectivity index (χ2v) is 8.59. The van der Waals surface area contributed by atoms with Gasteiger partial charge < -0.3 is 9.47 Å². The van der Waals surface area contributed by atoms with Crippen molar-refractivity contribution < 1.29 is 18.3 Å². The van der Waals surface area contributed by atoms with Crippen LogP contribution in [-0.2, 0) is 4.74 Å². The van der Waals surface area contributed by atoms with Crippen molar-refractivity contribution in [2.75, 3.05) is 13.2 Å². The van der Waals surface area contributed by atoms with Crippen molar-refractivity contribution in [3.63, 3.8) is 0 Å². The highest BCUT2D eigenvalue weighted by Crippen LogP contribution is 2.32. The van der Waals surface area contributed by atoms with E-state index in [9.17, 15) is 8.78 Å². The molecule has 0 bridgehead atoms. The Morgan fingerprint density at radius 3 is 2.30 bits per heavy atom. The van der Waals surface area contributed by atoms with E-state index in [1.165, 1.54) is 18.9 Å². The number of hydrogen-bond acceptors (Lipinski definition) is 3. The average Bonchev–Trinajstić information content (AvgIpc) is 2.86. The number of unbranched alkanes of at least 4 members (excludes halogenated alkanes) is 1. The summed E-state index contributed by atoms with van der Waals surface area (Å²) in [7, 11) is 0. The first-order valence-electron chi connectivity index (χ1n) is 11.9. The number of halogens is 2. The Morgan fingerprint density at radius 2 is 1.67 bits per heavy atom. The molecule has 3 aromatic rings. The van der Waals surface area contributed by atoms with Gasteiger partial charge in [-0.3, -0.25) is 4.98 Å². The molecule has 1 saturated heterocycles. The second-order valence-electron chi connectivity index (χ2n) is 8.59. The molecule has 1 fully saturated rings. The number of ether oxygens (including phenoxy) is 2. The lowest BCUT2D eigenvalue weighted by molar-refractivity contribution is -0.00262. The van der Waals surface area contributed by atoms with Gasteiger partial charge in [-0.1, -0.05) is 50.1 Å². The van der Waals surface area contributed by atoms with E-state index in [-0.39, 0.29) is 17.9 Å². The first-order chi connectivity index (χ1) is 16.1. The van der Waals surface area contributed by atoms with E-state index in [1.807, 2.05) is 18.3 Å². The highest BCUT2D eigenvalue weighted by Gasteiger charge is 2.23. The number of hydrogen-bond donors (Lipinski definition) is 0. The summed E-state index contributed by atoms with van der Waals surface area (Å²) in [5, 5.41) is 0. The van der Waals surface area contributed by atoms with Crippen LogP contribution in [-0.4, -0.2) is 24.3 Å². The zero-order chi connectivity index (χ0) is 23.2. The zero-order valence-corrected chi connectivity index (χ0v) is 19.3. The van der Waals surface area contributed by atoms with E-state index >= 15 is 0 Å². The molecule has 2 atom stereocenters. The molecule has 0 radical (unpaired) electrons. The molecule has 3 nitrogen and oxygen atoms in total. The van der Waals surface area contributed by atoms with Gasteiger partial charge in [0.05, 0.1) is 19.3 Å². The molecule has 33 heavy (non-hydrogen) atoms. The lowest BCUT2D eigenvalue weighted by atomic mass is 9.92. The van der Waals surface area contributed by atoms with Crippen molar-refractivity contribution >= 4 is 0 Å². The molecular weight excluding hydrogens is 420 g/mol. The summed E-state index contributed by atoms with van der Waals surface area (Å²) in [5.41, 5.74) is 3.85. The maximum absolute atomic E-state index is 14.5. The minimum atomic E-state index is -0.957. The molecule has 1 aliphatic rings. The van der Waals surface area contributed by atoms with Crippen LogP contribution in [0.15, 0.2) is 54.7 Å². The fourth-order valence-electron chi connectivity index (χ4n) is 4.38. The van der Waals surface area contributed by atoms with Crippen molar-refractivity contribution in [3.05, 3.63) is 72.1 Å². The van der Waals surface area contributed by atoms with Gasteiger partial charge in [-0.15, -0.1) is 0 Å². The molecule has 2 unspecified atom stereocenters. The number of nitrogens with zero attached hydrogens (tertiary/aromatic N) is 1. The molecule has 1 aromatic heterocycles. The summed E-state index contributed by atoms with van der Waals surface area (Å²) < 4.78 is 39.9. The Kier molecular flexibility index (Phi) is 7.71. The minimum absolute atomic E-state index is 0.0682. The summed E-state index contributed by atoms with van der Waals surface area (Å²) >= 11 is 0. The van der Waals surface area contributed by atoms with Crippen LogP contribution < -0.4 is 4.74 Å². The second kappa shape index (κ2) is 10.9. The minimum Gasteiger partial charge on any atom is -0.491 e. The van der Waals surface area contributed by atoms with Crippen LogP contribution in [0.25, 0.3) is 22.3 Å². The largest absolute Gasteiger partial charge is 0.491 e. The van der Waals surface area contributed by atoms with Crippen LogP contribution in [0.4, 0.5) is 8.78 Å². The molecule has 0 saturated carbocycles. The molecule has 0 aliphatic carbocycles. The van der Waals surface area contributed by atoms with Gasteiger partial charge in [0, 0.05) is 28.9 Å². The van der Waals surface area contributed by atoms with E-state index in [0.29, 0.717) is 17.6 Å². The van der Waals surface area contributed by atoms with Gasteiger partial charge in [0.1, 0.15) is 0 Å². The Morgan fingerprint density at radius 1 is 0.909 bits per heavy atom. The fraction of sp³-hybridized carbons (Fsp3) is 0.393. The number of benzene rings is 2. The van der Waals surface area contributed by atoms with Gasteiger partial charge in [-0.2, -0.15) is 4.39 Å². The number of rotatable bonds is 8. The third-order valence-electron chi connectivity index (χ3n) is 6.33. The normalized spacial score (nSPS) is 18.3. The quantitative estimate of drug-likeness (QED) is 0.354. The van der Waals surface area contributed by atoms with Gasteiger partial charge >= 0.3 is 0 Å². The van der Waals surface area contributed by atoms with Gasteiger partial charge in [-0.25, -0.2) is 4.39 Å². The molecule has 0 N–H and O–H groups in total. The monoisotopic (exact) mass is 451 g/mol. The summed E-state index contributed by atoms with van der Waals surface area (Å²) in [6.45, 7) is 4.96. The smallest absolute Gasteiger partial charge is 0.201 e. The zero-order valence-electron chi connectivity index (χ0n) is 19.3. The van der Waals surface area contributed by atoms with E-state index < -0.39 is 11.6 Å². The van der Waals surface area contributed by atoms with Crippen molar-refractivity contribution in [2.24, 2.45) is 0 Å². The van der Waals surface area contributed by atoms with Crippen molar-refractivity contribution in [3.8, 4) is 28.0 Å². The lowest BCUT2D eigenvalue weighted by Gasteiger charge is -2.28. The fourth-order valence-corrected chi connectivity index (χ4v) is 4.38. The number of pyridine rings is 1. The Bertz CT molecular complexity index is 1040. The maximum Gasteiger partial charge on any atom is 0.201 e. The highest BCUT2D eigenvalue weighted by molar-refractivity contribution is 5.71. The summed E-state index contributed by atoms with van der Waals surface area (Å²) in [4.78, 5) is 4.70. The van der Waals surface area contributed by atoms with Crippen LogP contribution in [0.1, 0.15) is 57.6 Å². The predicted octanol–water partition coefficient (Wildman–Crippen LogP) is 7.55. The van der Waals surface area contributed by atoms with Crippen molar-refractivity contribution in [2.45, 2.75) is 58.0 Å². The van der Waals surface area contributed by atoms with E-state index in [0.717, 1.165) is 42.7 Å². The number of aromatic nitrogens is 1. The highest BCUT2D eigenvalue weighted by atomic mass is 19.2. The van der Waals surface area contributed by atoms with Crippen LogP contribution in [0.5, 0.6) is 5.75 Å². The van der Waals surface area contributed by atoms with E-state index in [1.54, 1.807) is 25.1 Å². The third-order valence-corrected chi connectivity index (χ3v) is 6.33. The van der Waals surface area contributed by atoms with Crippen molar-refractivity contribution in [1.29, 1.82) is 0 Å². The van der Waals surface area contributed by atoms with Gasteiger partial charge in [-0.05, 0) is 55.5 Å². The molecule has 4 rings (SSSR count). The molecule has 0 amide bonds. The van der Waals surface area contributed by atoms with Crippen molar-refractivity contribution in [1.82, 2.24) is 4.98 Å². The Hall–Kier alpha value is -2.79. The Balaban J connectivity index is 1.43. The van der Waals surface area contributed by atoms with Crippen LogP contribution >= 0.6 is 0 Å². The topological polar surface area (TPSA) is 31.4 Å². The lowest BCUT2D eigenvalue weighted by Crippen LogP contribution is -2.25. The van der Waals surface area contributed by atoms with Crippen LogP contribution in [0, 0.1) is 11.6 Å². The van der Waals surface area contributed by atoms with E-state index in [2.05, 4.69) is 19.1 Å². The SMILES string of the molecule is CCCCC1CCC(c2ccc(-c3ccc(-c4ccc(OCC)c(F)c4F)cc3)cn2)CO1. The van der Waals surface area contributed by atoms with Gasteiger partial charge in [0.15, 0.2) is 11.6 Å². The standard InChI is InChI=1S/C28H31F2NO2/c1-3-5-6-23-13-11-22(18-33-23)25-15-12-21(17-31-25)19-7-9-20(10-8-19)24-14-16-26(32-4-2)28(30)27(24)29/h7-10,12,14-17,22-23H,3-6,11,13,18H2,1-2H3. The summed E-state index contributed by atoms with van der Waals surface area (Å²) in [6, 6.07) is 14.6. The molecule has 1 aliphatic heterocycles. The summed E-state index contributed by atoms with van der Waals surface area (Å²) in [5.74, 6) is -1.58. The van der Waals surface area contributed by atoms with Crippen LogP contribution in [0.2, 0.25) is 0 Å². The van der Waals surface area contributed by atoms with E-state index in [4.69, 9.17) is 14.5 Å². The molecule has 2 heterocycles.